The van der Waals surface area contributed by atoms with Gasteiger partial charge in [-0.1, -0.05) is 10.3 Å². The fourth-order valence-electron chi connectivity index (χ4n) is 2.82. The average molecular weight is 334 g/mol. The monoisotopic (exact) mass is 334 g/mol. The smallest absolute Gasteiger partial charge is 0.239 e. The van der Waals surface area contributed by atoms with Gasteiger partial charge in [0.05, 0.1) is 13.1 Å². The number of rotatable bonds is 6. The van der Waals surface area contributed by atoms with Crippen molar-refractivity contribution < 1.29 is 13.8 Å². The van der Waals surface area contributed by atoms with E-state index in [1.165, 1.54) is 0 Å². The maximum absolute atomic E-state index is 11.9. The molecule has 1 atom stereocenters. The van der Waals surface area contributed by atoms with E-state index in [1.54, 1.807) is 19.9 Å². The molecule has 3 heterocycles. The largest absolute Gasteiger partial charge is 0.360 e. The molecule has 0 spiro atoms. The first-order valence-corrected chi connectivity index (χ1v) is 8.06. The lowest BCUT2D eigenvalue weighted by molar-refractivity contribution is -0.115. The van der Waals surface area contributed by atoms with Crippen LogP contribution in [0.4, 0.5) is 5.82 Å². The predicted octanol–water partition coefficient (Wildman–Crippen LogP) is 0.867. The summed E-state index contributed by atoms with van der Waals surface area (Å²) >= 11 is 0. The molecule has 0 saturated carbocycles. The van der Waals surface area contributed by atoms with Crippen LogP contribution in [0.1, 0.15) is 30.3 Å². The summed E-state index contributed by atoms with van der Waals surface area (Å²) in [5, 5.41) is 13.7. The molecule has 9 heteroatoms. The van der Waals surface area contributed by atoms with Gasteiger partial charge in [-0.15, -0.1) is 0 Å². The first-order chi connectivity index (χ1) is 11.6. The number of carbonyl (C=O) groups excluding carboxylic acids is 1. The third-order valence-electron chi connectivity index (χ3n) is 3.89. The molecule has 1 aliphatic rings. The number of piperidine rings is 1. The van der Waals surface area contributed by atoms with E-state index in [9.17, 15) is 4.79 Å². The number of likely N-dealkylation sites (tertiary alicyclic amines) is 1. The number of amides is 1. The van der Waals surface area contributed by atoms with Crippen molar-refractivity contribution in [2.45, 2.75) is 39.3 Å². The zero-order valence-corrected chi connectivity index (χ0v) is 13.9. The first kappa shape index (κ1) is 16.6. The van der Waals surface area contributed by atoms with E-state index in [1.807, 2.05) is 0 Å². The second-order valence-electron chi connectivity index (χ2n) is 6.06. The lowest BCUT2D eigenvalue weighted by atomic mass is 10.1. The van der Waals surface area contributed by atoms with Gasteiger partial charge < -0.3 is 19.7 Å². The highest BCUT2D eigenvalue weighted by Gasteiger charge is 2.21. The Morgan fingerprint density at radius 1 is 1.38 bits per heavy atom. The number of aromatic nitrogens is 3. The van der Waals surface area contributed by atoms with Crippen LogP contribution in [0.5, 0.6) is 0 Å². The van der Waals surface area contributed by atoms with Crippen molar-refractivity contribution in [2.24, 2.45) is 0 Å². The van der Waals surface area contributed by atoms with Crippen LogP contribution in [0.25, 0.3) is 0 Å². The molecule has 1 fully saturated rings. The Bertz CT molecular complexity index is 682. The van der Waals surface area contributed by atoms with Crippen molar-refractivity contribution in [1.82, 2.24) is 25.5 Å². The van der Waals surface area contributed by atoms with Gasteiger partial charge >= 0.3 is 0 Å². The summed E-state index contributed by atoms with van der Waals surface area (Å²) in [5.41, 5.74) is 0. The topological polar surface area (TPSA) is 109 Å². The molecule has 0 aromatic carbocycles. The van der Waals surface area contributed by atoms with Crippen LogP contribution in [0.15, 0.2) is 15.1 Å². The molecule has 0 bridgehead atoms. The van der Waals surface area contributed by atoms with Gasteiger partial charge in [-0.3, -0.25) is 9.69 Å². The number of carbonyl (C=O) groups is 1. The third kappa shape index (κ3) is 4.62. The molecule has 2 aromatic rings. The normalized spacial score (nSPS) is 18.7. The van der Waals surface area contributed by atoms with Crippen LogP contribution >= 0.6 is 0 Å². The molecule has 1 aliphatic heterocycles. The van der Waals surface area contributed by atoms with E-state index < -0.39 is 0 Å². The van der Waals surface area contributed by atoms with E-state index in [-0.39, 0.29) is 18.5 Å². The Morgan fingerprint density at radius 2 is 2.25 bits per heavy atom. The molecular formula is C15H22N6O3. The number of hydrogen-bond acceptors (Lipinski definition) is 8. The Kier molecular flexibility index (Phi) is 5.21. The van der Waals surface area contributed by atoms with Gasteiger partial charge in [0.15, 0.2) is 11.6 Å². The minimum atomic E-state index is -0.130. The molecule has 0 aliphatic carbocycles. The van der Waals surface area contributed by atoms with Crippen LogP contribution in [0.2, 0.25) is 0 Å². The Morgan fingerprint density at radius 3 is 2.96 bits per heavy atom. The van der Waals surface area contributed by atoms with Gasteiger partial charge in [0.2, 0.25) is 11.8 Å². The minimum Gasteiger partial charge on any atom is -0.360 e. The third-order valence-corrected chi connectivity index (χ3v) is 3.89. The van der Waals surface area contributed by atoms with Crippen LogP contribution in [0, 0.1) is 13.8 Å². The van der Waals surface area contributed by atoms with Crippen LogP contribution in [0.3, 0.4) is 0 Å². The highest BCUT2D eigenvalue weighted by atomic mass is 16.5. The SMILES string of the molecule is Cc1cc(NC(=O)CN[C@@H]2CCCN(Cc3noc(C)n3)C2)no1. The summed E-state index contributed by atoms with van der Waals surface area (Å²) in [6.07, 6.45) is 2.11. The van der Waals surface area contributed by atoms with E-state index in [0.29, 0.717) is 29.8 Å². The fourth-order valence-corrected chi connectivity index (χ4v) is 2.82. The van der Waals surface area contributed by atoms with Gasteiger partial charge in [0.25, 0.3) is 0 Å². The quantitative estimate of drug-likeness (QED) is 0.801. The lowest BCUT2D eigenvalue weighted by Crippen LogP contribution is -2.47. The zero-order chi connectivity index (χ0) is 16.9. The molecule has 24 heavy (non-hydrogen) atoms. The summed E-state index contributed by atoms with van der Waals surface area (Å²) in [5.74, 6) is 2.26. The second kappa shape index (κ2) is 7.54. The molecule has 3 rings (SSSR count). The van der Waals surface area contributed by atoms with Gasteiger partial charge in [0.1, 0.15) is 5.76 Å². The molecule has 1 saturated heterocycles. The number of aryl methyl sites for hydroxylation is 2. The molecule has 2 N–H and O–H groups in total. The van der Waals surface area contributed by atoms with E-state index >= 15 is 0 Å². The number of nitrogens with one attached hydrogen (secondary N) is 2. The van der Waals surface area contributed by atoms with Crippen molar-refractivity contribution in [2.75, 3.05) is 25.0 Å². The summed E-state index contributed by atoms with van der Waals surface area (Å²) in [6.45, 7) is 6.32. The molecular weight excluding hydrogens is 312 g/mol. The van der Waals surface area contributed by atoms with Crippen molar-refractivity contribution in [3.05, 3.63) is 23.5 Å². The highest BCUT2D eigenvalue weighted by molar-refractivity contribution is 5.91. The Labute approximate surface area is 139 Å². The van der Waals surface area contributed by atoms with Gasteiger partial charge in [0, 0.05) is 25.6 Å². The zero-order valence-electron chi connectivity index (χ0n) is 13.9. The number of hydrogen-bond donors (Lipinski definition) is 2. The molecule has 9 nitrogen and oxygen atoms in total. The van der Waals surface area contributed by atoms with E-state index in [0.717, 1.165) is 25.9 Å². The molecule has 130 valence electrons. The maximum Gasteiger partial charge on any atom is 0.239 e. The summed E-state index contributed by atoms with van der Waals surface area (Å²) in [7, 11) is 0. The van der Waals surface area contributed by atoms with Crippen molar-refractivity contribution >= 4 is 11.7 Å². The van der Waals surface area contributed by atoms with Crippen LogP contribution in [-0.2, 0) is 11.3 Å². The summed E-state index contributed by atoms with van der Waals surface area (Å²) < 4.78 is 9.92. The Balaban J connectivity index is 1.42. The maximum atomic E-state index is 11.9. The van der Waals surface area contributed by atoms with Gasteiger partial charge in [-0.05, 0) is 26.3 Å². The van der Waals surface area contributed by atoms with Crippen LogP contribution < -0.4 is 10.6 Å². The van der Waals surface area contributed by atoms with Crippen molar-refractivity contribution in [3.8, 4) is 0 Å². The first-order valence-electron chi connectivity index (χ1n) is 8.06. The summed E-state index contributed by atoms with van der Waals surface area (Å²) in [4.78, 5) is 18.4. The van der Waals surface area contributed by atoms with Crippen molar-refractivity contribution in [1.29, 1.82) is 0 Å². The standard InChI is InChI=1S/C15H22N6O3/c1-10-6-13(19-23-10)18-15(22)7-16-12-4-3-5-21(8-12)9-14-17-11(2)24-20-14/h6,12,16H,3-5,7-9H2,1-2H3,(H,18,19,22)/t12-/m1/s1. The van der Waals surface area contributed by atoms with Crippen LogP contribution in [-0.4, -0.2) is 51.8 Å². The second-order valence-corrected chi connectivity index (χ2v) is 6.06. The molecule has 0 unspecified atom stereocenters. The van der Waals surface area contributed by atoms with Gasteiger partial charge in [-0.25, -0.2) is 0 Å². The highest BCUT2D eigenvalue weighted by Crippen LogP contribution is 2.13. The average Bonchev–Trinajstić information content (AvgIpc) is 3.14. The molecule has 2 aromatic heterocycles. The molecule has 0 radical (unpaired) electrons. The molecule has 1 amide bonds. The lowest BCUT2D eigenvalue weighted by Gasteiger charge is -2.32. The summed E-state index contributed by atoms with van der Waals surface area (Å²) in [6, 6.07) is 1.95. The fraction of sp³-hybridized carbons (Fsp3) is 0.600. The van der Waals surface area contributed by atoms with E-state index in [2.05, 4.69) is 30.8 Å². The Hall–Kier alpha value is -2.26. The van der Waals surface area contributed by atoms with Crippen molar-refractivity contribution in [3.63, 3.8) is 0 Å². The minimum absolute atomic E-state index is 0.130. The predicted molar refractivity (Wildman–Crippen MR) is 85.2 cm³/mol. The van der Waals surface area contributed by atoms with Gasteiger partial charge in [-0.2, -0.15) is 4.98 Å². The number of nitrogens with zero attached hydrogens (tertiary/aromatic N) is 4. The van der Waals surface area contributed by atoms with E-state index in [4.69, 9.17) is 9.05 Å². The number of anilines is 1.